The van der Waals surface area contributed by atoms with E-state index in [1.165, 1.54) is 0 Å². The summed E-state index contributed by atoms with van der Waals surface area (Å²) in [5, 5.41) is 18.4. The molecule has 0 spiro atoms. The summed E-state index contributed by atoms with van der Waals surface area (Å²) in [5.74, 6) is 0.289. The second-order valence-electron chi connectivity index (χ2n) is 6.81. The Balaban J connectivity index is 0.000000251. The van der Waals surface area contributed by atoms with Gasteiger partial charge in [-0.05, 0) is 35.6 Å². The molecule has 0 saturated carbocycles. The maximum atomic E-state index is 9.21. The van der Waals surface area contributed by atoms with Gasteiger partial charge in [-0.2, -0.15) is 0 Å². The molecule has 2 rings (SSSR count). The monoisotopic (exact) mass is 340 g/mol. The molecule has 0 aromatic heterocycles. The summed E-state index contributed by atoms with van der Waals surface area (Å²) in [6.07, 6.45) is 1.71. The normalized spacial score (nSPS) is 11.8. The number of benzene rings is 2. The number of phenols is 1. The van der Waals surface area contributed by atoms with E-state index in [2.05, 4.69) is 27.4 Å². The minimum absolute atomic E-state index is 0.0851. The third-order valence-corrected chi connectivity index (χ3v) is 3.75. The molecule has 0 radical (unpaired) electrons. The average Bonchev–Trinajstić information content (AvgIpc) is 2.56. The SMILES string of the molecule is C=Cc1ccccc1/C(N)=C(\C)O.CC(C)(C)c1ccc(O)c(N)c1. The van der Waals surface area contributed by atoms with Crippen LogP contribution in [0.25, 0.3) is 11.8 Å². The maximum absolute atomic E-state index is 9.21. The molecule has 0 aliphatic heterocycles. The van der Waals surface area contributed by atoms with Gasteiger partial charge in [-0.3, -0.25) is 0 Å². The van der Waals surface area contributed by atoms with Gasteiger partial charge < -0.3 is 21.7 Å². The smallest absolute Gasteiger partial charge is 0.138 e. The molecule has 0 atom stereocenters. The van der Waals surface area contributed by atoms with Gasteiger partial charge in [-0.1, -0.05) is 63.8 Å². The number of aliphatic hydroxyl groups excluding tert-OH is 1. The van der Waals surface area contributed by atoms with Gasteiger partial charge in [0, 0.05) is 5.56 Å². The van der Waals surface area contributed by atoms with Crippen molar-refractivity contribution in [1.82, 2.24) is 0 Å². The van der Waals surface area contributed by atoms with Crippen LogP contribution in [-0.4, -0.2) is 10.2 Å². The van der Waals surface area contributed by atoms with Crippen LogP contribution in [-0.2, 0) is 5.41 Å². The zero-order chi connectivity index (χ0) is 19.2. The van der Waals surface area contributed by atoms with E-state index in [9.17, 15) is 10.2 Å². The zero-order valence-electron chi connectivity index (χ0n) is 15.4. The van der Waals surface area contributed by atoms with E-state index in [0.29, 0.717) is 11.4 Å². The summed E-state index contributed by atoms with van der Waals surface area (Å²) >= 11 is 0. The number of aromatic hydroxyl groups is 1. The van der Waals surface area contributed by atoms with Gasteiger partial charge in [0.1, 0.15) is 11.5 Å². The van der Waals surface area contributed by atoms with Crippen molar-refractivity contribution < 1.29 is 10.2 Å². The van der Waals surface area contributed by atoms with Crippen molar-refractivity contribution in [3.63, 3.8) is 0 Å². The summed E-state index contributed by atoms with van der Waals surface area (Å²) in [7, 11) is 0. The van der Waals surface area contributed by atoms with Crippen molar-refractivity contribution in [2.75, 3.05) is 5.73 Å². The van der Waals surface area contributed by atoms with Gasteiger partial charge in [0.2, 0.25) is 0 Å². The Morgan fingerprint density at radius 2 is 1.72 bits per heavy atom. The molecule has 134 valence electrons. The van der Waals surface area contributed by atoms with Gasteiger partial charge in [0.25, 0.3) is 0 Å². The summed E-state index contributed by atoms with van der Waals surface area (Å²) in [5.41, 5.74) is 15.1. The molecule has 0 aliphatic carbocycles. The molecule has 6 N–H and O–H groups in total. The highest BCUT2D eigenvalue weighted by molar-refractivity contribution is 5.72. The fourth-order valence-corrected chi connectivity index (χ4v) is 2.14. The number of allylic oxidation sites excluding steroid dienone is 1. The maximum Gasteiger partial charge on any atom is 0.138 e. The number of anilines is 1. The van der Waals surface area contributed by atoms with Crippen LogP contribution in [0.4, 0.5) is 5.69 Å². The van der Waals surface area contributed by atoms with Crippen molar-refractivity contribution >= 4 is 17.5 Å². The molecule has 0 fully saturated rings. The van der Waals surface area contributed by atoms with Crippen molar-refractivity contribution in [3.8, 4) is 5.75 Å². The number of hydrogen-bond acceptors (Lipinski definition) is 4. The molecule has 0 aliphatic rings. The molecule has 25 heavy (non-hydrogen) atoms. The zero-order valence-corrected chi connectivity index (χ0v) is 15.4. The highest BCUT2D eigenvalue weighted by Gasteiger charge is 2.14. The third kappa shape index (κ3) is 5.60. The van der Waals surface area contributed by atoms with Crippen molar-refractivity contribution in [1.29, 1.82) is 0 Å². The Kier molecular flexibility index (Phi) is 6.68. The van der Waals surface area contributed by atoms with Crippen LogP contribution in [0.2, 0.25) is 0 Å². The Bertz CT molecular complexity index is 768. The largest absolute Gasteiger partial charge is 0.510 e. The number of aliphatic hydroxyl groups is 1. The number of phenolic OH excluding ortho intramolecular Hbond substituents is 1. The molecule has 0 amide bonds. The minimum Gasteiger partial charge on any atom is -0.510 e. The molecule has 2 aromatic rings. The van der Waals surface area contributed by atoms with Crippen molar-refractivity contribution in [2.24, 2.45) is 5.73 Å². The lowest BCUT2D eigenvalue weighted by molar-refractivity contribution is 0.416. The highest BCUT2D eigenvalue weighted by atomic mass is 16.3. The minimum atomic E-state index is 0.0851. The fraction of sp³-hybridized carbons (Fsp3) is 0.238. The van der Waals surface area contributed by atoms with Crippen LogP contribution in [0, 0.1) is 0 Å². The first-order valence-electron chi connectivity index (χ1n) is 8.04. The number of rotatable bonds is 2. The van der Waals surface area contributed by atoms with Crippen LogP contribution >= 0.6 is 0 Å². The predicted molar refractivity (Wildman–Crippen MR) is 107 cm³/mol. The lowest BCUT2D eigenvalue weighted by Gasteiger charge is -2.19. The standard InChI is InChI=1S/C11H13NO.C10H15NO/c1-3-9-6-4-5-7-10(9)11(12)8(2)13;1-10(2,3)7-4-5-9(12)8(11)6-7/h3-7,13H,1,12H2,2H3;4-6,12H,11H2,1-3H3/b11-8-;. The molecule has 0 heterocycles. The lowest BCUT2D eigenvalue weighted by atomic mass is 9.87. The summed E-state index contributed by atoms with van der Waals surface area (Å²) in [4.78, 5) is 0. The summed E-state index contributed by atoms with van der Waals surface area (Å²) in [6, 6.07) is 12.9. The average molecular weight is 340 g/mol. The van der Waals surface area contributed by atoms with E-state index in [1.807, 2.05) is 36.4 Å². The topological polar surface area (TPSA) is 92.5 Å². The van der Waals surface area contributed by atoms with Crippen molar-refractivity contribution in [2.45, 2.75) is 33.1 Å². The molecule has 2 aromatic carbocycles. The quantitative estimate of drug-likeness (QED) is 0.359. The van der Waals surface area contributed by atoms with E-state index in [0.717, 1.165) is 16.7 Å². The molecule has 4 nitrogen and oxygen atoms in total. The van der Waals surface area contributed by atoms with Gasteiger partial charge in [0.15, 0.2) is 0 Å². The molecule has 0 bridgehead atoms. The van der Waals surface area contributed by atoms with Crippen LogP contribution < -0.4 is 11.5 Å². The van der Waals surface area contributed by atoms with Gasteiger partial charge in [-0.15, -0.1) is 0 Å². The first kappa shape index (κ1) is 20.2. The van der Waals surface area contributed by atoms with Crippen LogP contribution in [0.1, 0.15) is 44.4 Å². The molecule has 4 heteroatoms. The van der Waals surface area contributed by atoms with E-state index < -0.39 is 0 Å². The second-order valence-corrected chi connectivity index (χ2v) is 6.81. The molecular formula is C21H28N2O2. The second kappa shape index (κ2) is 8.29. The highest BCUT2D eigenvalue weighted by Crippen LogP contribution is 2.28. The van der Waals surface area contributed by atoms with E-state index in [4.69, 9.17) is 11.5 Å². The van der Waals surface area contributed by atoms with Crippen LogP contribution in [0.5, 0.6) is 5.75 Å². The van der Waals surface area contributed by atoms with Gasteiger partial charge >= 0.3 is 0 Å². The Labute approximate surface area is 150 Å². The van der Waals surface area contributed by atoms with Crippen LogP contribution in [0.3, 0.4) is 0 Å². The number of nitrogens with two attached hydrogens (primary N) is 2. The summed E-state index contributed by atoms with van der Waals surface area (Å²) in [6.45, 7) is 11.6. The lowest BCUT2D eigenvalue weighted by Crippen LogP contribution is -2.11. The van der Waals surface area contributed by atoms with Gasteiger partial charge in [0.05, 0.1) is 11.4 Å². The Morgan fingerprint density at radius 3 is 2.20 bits per heavy atom. The van der Waals surface area contributed by atoms with Crippen molar-refractivity contribution in [3.05, 3.63) is 71.5 Å². The number of hydrogen-bond donors (Lipinski definition) is 4. The summed E-state index contributed by atoms with van der Waals surface area (Å²) < 4.78 is 0. The van der Waals surface area contributed by atoms with Gasteiger partial charge in [-0.25, -0.2) is 0 Å². The number of nitrogen functional groups attached to an aromatic ring is 1. The molecule has 0 unspecified atom stereocenters. The van der Waals surface area contributed by atoms with E-state index >= 15 is 0 Å². The first-order chi connectivity index (χ1) is 11.6. The fourth-order valence-electron chi connectivity index (χ4n) is 2.14. The van der Waals surface area contributed by atoms with E-state index in [1.54, 1.807) is 19.1 Å². The third-order valence-electron chi connectivity index (χ3n) is 3.75. The predicted octanol–water partition coefficient (Wildman–Crippen LogP) is 4.81. The Morgan fingerprint density at radius 1 is 1.12 bits per heavy atom. The van der Waals surface area contributed by atoms with E-state index in [-0.39, 0.29) is 16.9 Å². The van der Waals surface area contributed by atoms with Crippen LogP contribution in [0.15, 0.2) is 54.8 Å². The molecule has 0 saturated heterocycles. The Hall–Kier alpha value is -2.88. The first-order valence-corrected chi connectivity index (χ1v) is 8.04. The molecular weight excluding hydrogens is 312 g/mol.